The van der Waals surface area contributed by atoms with Crippen molar-refractivity contribution in [3.05, 3.63) is 0 Å². The van der Waals surface area contributed by atoms with Crippen LogP contribution in [-0.4, -0.2) is 68.6 Å². The molecule has 1 atom stereocenters. The normalized spacial score (nSPS) is 26.4. The van der Waals surface area contributed by atoms with Crippen LogP contribution in [0, 0.1) is 0 Å². The molecule has 2 heterocycles. The van der Waals surface area contributed by atoms with Crippen LogP contribution >= 0.6 is 12.4 Å². The van der Waals surface area contributed by atoms with E-state index in [4.69, 9.17) is 0 Å². The number of likely N-dealkylation sites (N-methyl/N-ethyl adjacent to an activating group) is 1. The minimum absolute atomic E-state index is 0. The van der Waals surface area contributed by atoms with Gasteiger partial charge in [-0.05, 0) is 26.3 Å². The lowest BCUT2D eigenvalue weighted by molar-refractivity contribution is -0.132. The minimum Gasteiger partial charge on any atom is -0.337 e. The highest BCUT2D eigenvalue weighted by molar-refractivity contribution is 7.89. The van der Waals surface area contributed by atoms with Crippen molar-refractivity contribution in [2.75, 3.05) is 39.0 Å². The number of rotatable bonds is 4. The van der Waals surface area contributed by atoms with Gasteiger partial charge in [-0.2, -0.15) is 4.31 Å². The van der Waals surface area contributed by atoms with Crippen molar-refractivity contribution in [3.8, 4) is 0 Å². The molecule has 0 aromatic carbocycles. The summed E-state index contributed by atoms with van der Waals surface area (Å²) in [5.41, 5.74) is 0. The van der Waals surface area contributed by atoms with Crippen molar-refractivity contribution < 1.29 is 13.2 Å². The summed E-state index contributed by atoms with van der Waals surface area (Å²) in [6.07, 6.45) is 2.64. The fraction of sp³-hybridized carbons (Fsp3) is 0.909. The molecule has 2 aliphatic rings. The molecule has 1 N–H and O–H groups in total. The summed E-state index contributed by atoms with van der Waals surface area (Å²) in [6, 6.07) is 0.216. The van der Waals surface area contributed by atoms with Crippen LogP contribution in [0.5, 0.6) is 0 Å². The molecule has 1 amide bonds. The summed E-state index contributed by atoms with van der Waals surface area (Å²) in [4.78, 5) is 14.0. The van der Waals surface area contributed by atoms with Gasteiger partial charge in [0.15, 0.2) is 0 Å². The minimum atomic E-state index is -3.17. The van der Waals surface area contributed by atoms with E-state index >= 15 is 0 Å². The van der Waals surface area contributed by atoms with Crippen molar-refractivity contribution in [2.24, 2.45) is 0 Å². The van der Waals surface area contributed by atoms with Crippen molar-refractivity contribution in [1.29, 1.82) is 0 Å². The largest absolute Gasteiger partial charge is 0.337 e. The Kier molecular flexibility index (Phi) is 6.04. The summed E-state index contributed by atoms with van der Waals surface area (Å²) < 4.78 is 24.6. The molecule has 0 spiro atoms. The van der Waals surface area contributed by atoms with E-state index in [1.54, 1.807) is 0 Å². The zero-order valence-electron chi connectivity index (χ0n) is 11.2. The molecule has 0 bridgehead atoms. The maximum absolute atomic E-state index is 12.2. The number of hydrogen-bond donors (Lipinski definition) is 1. The lowest BCUT2D eigenvalue weighted by Gasteiger charge is -2.26. The number of sulfonamides is 1. The molecule has 2 rings (SSSR count). The zero-order valence-corrected chi connectivity index (χ0v) is 12.8. The molecular weight excluding hydrogens is 290 g/mol. The predicted molar refractivity (Wildman–Crippen MR) is 75.9 cm³/mol. The standard InChI is InChI=1S/C11H21N3O3S.ClH/c1-12-8-10-4-2-6-14(10)11(15)9-13-5-3-7-18(13,16)17;/h10,12H,2-9H2,1H3;1H. The van der Waals surface area contributed by atoms with Crippen LogP contribution in [0.3, 0.4) is 0 Å². The number of carbonyl (C=O) groups excluding carboxylic acids is 1. The molecular formula is C11H22ClN3O3S. The molecule has 2 fully saturated rings. The van der Waals surface area contributed by atoms with Crippen LogP contribution < -0.4 is 5.32 Å². The van der Waals surface area contributed by atoms with E-state index < -0.39 is 10.0 Å². The first-order valence-electron chi connectivity index (χ1n) is 6.46. The quantitative estimate of drug-likeness (QED) is 0.771. The second kappa shape index (κ2) is 6.88. The summed E-state index contributed by atoms with van der Waals surface area (Å²) in [5.74, 6) is 0.124. The maximum atomic E-state index is 12.2. The lowest BCUT2D eigenvalue weighted by Crippen LogP contribution is -2.46. The Labute approximate surface area is 121 Å². The molecule has 1 unspecified atom stereocenters. The molecule has 0 radical (unpaired) electrons. The first-order valence-corrected chi connectivity index (χ1v) is 8.07. The number of carbonyl (C=O) groups is 1. The highest BCUT2D eigenvalue weighted by Crippen LogP contribution is 2.19. The van der Waals surface area contributed by atoms with Crippen LogP contribution in [0.1, 0.15) is 19.3 Å². The van der Waals surface area contributed by atoms with Crippen molar-refractivity contribution in [1.82, 2.24) is 14.5 Å². The number of nitrogens with zero attached hydrogens (tertiary/aromatic N) is 2. The topological polar surface area (TPSA) is 69.7 Å². The van der Waals surface area contributed by atoms with E-state index in [2.05, 4.69) is 5.32 Å². The molecule has 6 nitrogen and oxygen atoms in total. The Bertz CT molecular complexity index is 415. The Morgan fingerprint density at radius 1 is 1.32 bits per heavy atom. The van der Waals surface area contributed by atoms with Gasteiger partial charge in [-0.3, -0.25) is 4.79 Å². The van der Waals surface area contributed by atoms with Crippen molar-refractivity contribution >= 4 is 28.3 Å². The van der Waals surface area contributed by atoms with Crippen LogP contribution in [-0.2, 0) is 14.8 Å². The smallest absolute Gasteiger partial charge is 0.238 e. The first kappa shape index (κ1) is 16.7. The molecule has 0 saturated carbocycles. The second-order valence-electron chi connectivity index (χ2n) is 4.94. The van der Waals surface area contributed by atoms with Gasteiger partial charge in [0.05, 0.1) is 12.3 Å². The number of nitrogens with one attached hydrogen (secondary N) is 1. The Balaban J connectivity index is 0.00000180. The molecule has 0 aromatic heterocycles. The Morgan fingerprint density at radius 3 is 2.63 bits per heavy atom. The van der Waals surface area contributed by atoms with Crippen molar-refractivity contribution in [3.63, 3.8) is 0 Å². The summed E-state index contributed by atoms with van der Waals surface area (Å²) >= 11 is 0. The molecule has 2 aliphatic heterocycles. The Morgan fingerprint density at radius 2 is 2.05 bits per heavy atom. The molecule has 0 aliphatic carbocycles. The summed E-state index contributed by atoms with van der Waals surface area (Å²) in [7, 11) is -1.30. The van der Waals surface area contributed by atoms with Gasteiger partial charge in [-0.15, -0.1) is 12.4 Å². The summed E-state index contributed by atoms with van der Waals surface area (Å²) in [5, 5.41) is 3.08. The van der Waals surface area contributed by atoms with Gasteiger partial charge in [-0.25, -0.2) is 8.42 Å². The third-order valence-electron chi connectivity index (χ3n) is 3.65. The van der Waals surface area contributed by atoms with Gasteiger partial charge in [0.1, 0.15) is 0 Å². The fourth-order valence-electron chi connectivity index (χ4n) is 2.72. The molecule has 0 aromatic rings. The second-order valence-corrected chi connectivity index (χ2v) is 7.03. The maximum Gasteiger partial charge on any atom is 0.238 e. The van der Waals surface area contributed by atoms with E-state index in [1.165, 1.54) is 4.31 Å². The van der Waals surface area contributed by atoms with Gasteiger partial charge in [0, 0.05) is 25.7 Å². The molecule has 8 heteroatoms. The number of amides is 1. The third-order valence-corrected chi connectivity index (χ3v) is 5.56. The third kappa shape index (κ3) is 3.81. The first-order chi connectivity index (χ1) is 8.54. The lowest BCUT2D eigenvalue weighted by atomic mass is 10.2. The predicted octanol–water partition coefficient (Wildman–Crippen LogP) is -0.346. The average Bonchev–Trinajstić information content (AvgIpc) is 2.87. The van der Waals surface area contributed by atoms with Crippen LogP contribution in [0.25, 0.3) is 0 Å². The molecule has 112 valence electrons. The van der Waals surface area contributed by atoms with Crippen LogP contribution in [0.2, 0.25) is 0 Å². The van der Waals surface area contributed by atoms with Crippen molar-refractivity contribution in [2.45, 2.75) is 25.3 Å². The van der Waals surface area contributed by atoms with Gasteiger partial charge in [-0.1, -0.05) is 0 Å². The Hall–Kier alpha value is -0.370. The van der Waals surface area contributed by atoms with E-state index in [-0.39, 0.29) is 36.7 Å². The highest BCUT2D eigenvalue weighted by atomic mass is 35.5. The zero-order chi connectivity index (χ0) is 13.2. The van der Waals surface area contributed by atoms with Crippen LogP contribution in [0.15, 0.2) is 0 Å². The molecule has 2 saturated heterocycles. The van der Waals surface area contributed by atoms with Crippen LogP contribution in [0.4, 0.5) is 0 Å². The fourth-order valence-corrected chi connectivity index (χ4v) is 4.19. The molecule has 19 heavy (non-hydrogen) atoms. The van der Waals surface area contributed by atoms with Gasteiger partial charge >= 0.3 is 0 Å². The van der Waals surface area contributed by atoms with Gasteiger partial charge < -0.3 is 10.2 Å². The number of hydrogen-bond acceptors (Lipinski definition) is 4. The van der Waals surface area contributed by atoms with Gasteiger partial charge in [0.2, 0.25) is 15.9 Å². The van der Waals surface area contributed by atoms with E-state index in [0.717, 1.165) is 25.9 Å². The SMILES string of the molecule is CNCC1CCCN1C(=O)CN1CCCS1(=O)=O.Cl. The van der Waals surface area contributed by atoms with E-state index in [0.29, 0.717) is 13.0 Å². The number of halogens is 1. The number of likely N-dealkylation sites (tertiary alicyclic amines) is 1. The highest BCUT2D eigenvalue weighted by Gasteiger charge is 2.34. The van der Waals surface area contributed by atoms with E-state index in [1.807, 2.05) is 11.9 Å². The summed E-state index contributed by atoms with van der Waals surface area (Å²) in [6.45, 7) is 2.03. The average molecular weight is 312 g/mol. The van der Waals surface area contributed by atoms with E-state index in [9.17, 15) is 13.2 Å². The monoisotopic (exact) mass is 311 g/mol. The van der Waals surface area contributed by atoms with Gasteiger partial charge in [0.25, 0.3) is 0 Å².